The van der Waals surface area contributed by atoms with Crippen LogP contribution in [0.1, 0.15) is 50.8 Å². The van der Waals surface area contributed by atoms with Crippen molar-refractivity contribution in [3.05, 3.63) is 29.3 Å². The van der Waals surface area contributed by atoms with Crippen LogP contribution in [0.3, 0.4) is 0 Å². The van der Waals surface area contributed by atoms with Crippen molar-refractivity contribution in [1.29, 1.82) is 5.26 Å². The maximum atomic E-state index is 11.6. The largest absolute Gasteiger partial charge is 0.487 e. The smallest absolute Gasteiger partial charge is 0.234 e. The van der Waals surface area contributed by atoms with E-state index in [0.717, 1.165) is 24.2 Å². The molecule has 1 aromatic rings. The van der Waals surface area contributed by atoms with E-state index in [9.17, 15) is 4.79 Å². The molecule has 20 heavy (non-hydrogen) atoms. The molecule has 1 unspecified atom stereocenters. The minimum Gasteiger partial charge on any atom is -0.487 e. The van der Waals surface area contributed by atoms with Gasteiger partial charge in [0.1, 0.15) is 17.8 Å². The Hall–Kier alpha value is -2.02. The van der Waals surface area contributed by atoms with Gasteiger partial charge in [-0.3, -0.25) is 4.79 Å². The summed E-state index contributed by atoms with van der Waals surface area (Å²) < 4.78 is 5.85. The standard InChI is InChI=1S/C16H20N2O2/c1-4-13(18-15(19)7-8-17)11-5-6-14-12(9-11)10-16(2,3)20-14/h5-6,9,13H,4,7,10H2,1-3H3,(H,18,19). The first-order chi connectivity index (χ1) is 9.45. The van der Waals surface area contributed by atoms with Crippen LogP contribution in [0.4, 0.5) is 0 Å². The second-order valence-corrected chi connectivity index (χ2v) is 5.77. The van der Waals surface area contributed by atoms with Crippen molar-refractivity contribution in [2.45, 2.75) is 51.7 Å². The van der Waals surface area contributed by atoms with Crippen molar-refractivity contribution < 1.29 is 9.53 Å². The van der Waals surface area contributed by atoms with Gasteiger partial charge in [-0.2, -0.15) is 5.26 Å². The van der Waals surface area contributed by atoms with Crippen LogP contribution in [0.15, 0.2) is 18.2 Å². The molecule has 1 atom stereocenters. The van der Waals surface area contributed by atoms with E-state index in [-0.39, 0.29) is 24.0 Å². The predicted molar refractivity (Wildman–Crippen MR) is 76.3 cm³/mol. The van der Waals surface area contributed by atoms with Crippen molar-refractivity contribution in [3.63, 3.8) is 0 Å². The highest BCUT2D eigenvalue weighted by Crippen LogP contribution is 2.36. The number of hydrogen-bond donors (Lipinski definition) is 1. The third-order valence-electron chi connectivity index (χ3n) is 3.47. The minimum absolute atomic E-state index is 0.0511. The van der Waals surface area contributed by atoms with E-state index < -0.39 is 0 Å². The Morgan fingerprint density at radius 1 is 1.55 bits per heavy atom. The highest BCUT2D eigenvalue weighted by atomic mass is 16.5. The number of fused-ring (bicyclic) bond motifs is 1. The Morgan fingerprint density at radius 2 is 2.30 bits per heavy atom. The van der Waals surface area contributed by atoms with Gasteiger partial charge in [-0.05, 0) is 43.5 Å². The van der Waals surface area contributed by atoms with Crippen molar-refractivity contribution >= 4 is 5.91 Å². The average Bonchev–Trinajstić information content (AvgIpc) is 2.69. The molecule has 4 heteroatoms. The van der Waals surface area contributed by atoms with Gasteiger partial charge in [-0.25, -0.2) is 0 Å². The number of benzene rings is 1. The molecular formula is C16H20N2O2. The van der Waals surface area contributed by atoms with Crippen LogP contribution in [0, 0.1) is 11.3 Å². The van der Waals surface area contributed by atoms with Crippen LogP contribution in [0.2, 0.25) is 0 Å². The zero-order chi connectivity index (χ0) is 14.8. The van der Waals surface area contributed by atoms with E-state index in [4.69, 9.17) is 10.00 Å². The summed E-state index contributed by atoms with van der Waals surface area (Å²) in [5.74, 6) is 0.702. The molecule has 1 N–H and O–H groups in total. The second kappa shape index (κ2) is 5.54. The molecule has 0 spiro atoms. The molecular weight excluding hydrogens is 252 g/mol. The molecule has 0 saturated heterocycles. The van der Waals surface area contributed by atoms with Crippen LogP contribution in [0.5, 0.6) is 5.75 Å². The molecule has 0 fully saturated rings. The van der Waals surface area contributed by atoms with Gasteiger partial charge in [-0.1, -0.05) is 13.0 Å². The van der Waals surface area contributed by atoms with Crippen molar-refractivity contribution in [2.75, 3.05) is 0 Å². The first-order valence-electron chi connectivity index (χ1n) is 6.93. The molecule has 2 rings (SSSR count). The normalized spacial score (nSPS) is 16.7. The van der Waals surface area contributed by atoms with Gasteiger partial charge in [0.15, 0.2) is 0 Å². The monoisotopic (exact) mass is 272 g/mol. The molecule has 0 aromatic heterocycles. The van der Waals surface area contributed by atoms with E-state index in [1.54, 1.807) is 0 Å². The fraction of sp³-hybridized carbons (Fsp3) is 0.500. The number of hydrogen-bond acceptors (Lipinski definition) is 3. The average molecular weight is 272 g/mol. The van der Waals surface area contributed by atoms with Gasteiger partial charge in [0, 0.05) is 6.42 Å². The highest BCUT2D eigenvalue weighted by molar-refractivity contribution is 5.78. The van der Waals surface area contributed by atoms with Gasteiger partial charge in [-0.15, -0.1) is 0 Å². The molecule has 0 aliphatic carbocycles. The van der Waals surface area contributed by atoms with Crippen molar-refractivity contribution in [2.24, 2.45) is 0 Å². The van der Waals surface area contributed by atoms with Gasteiger partial charge in [0.25, 0.3) is 0 Å². The number of rotatable bonds is 4. The van der Waals surface area contributed by atoms with Gasteiger partial charge < -0.3 is 10.1 Å². The summed E-state index contributed by atoms with van der Waals surface area (Å²) in [5.41, 5.74) is 2.09. The molecule has 1 heterocycles. The number of ether oxygens (including phenoxy) is 1. The summed E-state index contributed by atoms with van der Waals surface area (Å²) in [5, 5.41) is 11.4. The number of nitrogens with zero attached hydrogens (tertiary/aromatic N) is 1. The van der Waals surface area contributed by atoms with Crippen molar-refractivity contribution in [3.8, 4) is 11.8 Å². The lowest BCUT2D eigenvalue weighted by atomic mass is 9.97. The molecule has 1 aliphatic heterocycles. The quantitative estimate of drug-likeness (QED) is 0.916. The molecule has 1 aromatic carbocycles. The van der Waals surface area contributed by atoms with E-state index in [2.05, 4.69) is 25.2 Å². The second-order valence-electron chi connectivity index (χ2n) is 5.77. The Balaban J connectivity index is 2.17. The van der Waals surface area contributed by atoms with E-state index in [1.807, 2.05) is 25.1 Å². The number of carbonyl (C=O) groups excluding carboxylic acids is 1. The Morgan fingerprint density at radius 3 is 2.95 bits per heavy atom. The number of amides is 1. The summed E-state index contributed by atoms with van der Waals surface area (Å²) in [6, 6.07) is 7.88. The summed E-state index contributed by atoms with van der Waals surface area (Å²) in [4.78, 5) is 11.6. The topological polar surface area (TPSA) is 62.1 Å². The lowest BCUT2D eigenvalue weighted by Crippen LogP contribution is -2.27. The Bertz CT molecular complexity index is 558. The fourth-order valence-corrected chi connectivity index (χ4v) is 2.58. The fourth-order valence-electron chi connectivity index (χ4n) is 2.58. The number of carbonyl (C=O) groups is 1. The number of nitrogens with one attached hydrogen (secondary N) is 1. The molecule has 0 bridgehead atoms. The Kier molecular flexibility index (Phi) is 3.99. The SMILES string of the molecule is CCC(NC(=O)CC#N)c1ccc2c(c1)CC(C)(C)O2. The first kappa shape index (κ1) is 14.4. The van der Waals surface area contributed by atoms with E-state index in [1.165, 1.54) is 5.56 Å². The lowest BCUT2D eigenvalue weighted by Gasteiger charge is -2.17. The summed E-state index contributed by atoms with van der Waals surface area (Å²) in [7, 11) is 0. The van der Waals surface area contributed by atoms with Crippen molar-refractivity contribution in [1.82, 2.24) is 5.32 Å². The Labute approximate surface area is 119 Å². The molecule has 1 amide bonds. The van der Waals surface area contributed by atoms with Gasteiger partial charge >= 0.3 is 0 Å². The highest BCUT2D eigenvalue weighted by Gasteiger charge is 2.30. The minimum atomic E-state index is -0.226. The van der Waals surface area contributed by atoms with Crippen LogP contribution in [-0.4, -0.2) is 11.5 Å². The third-order valence-corrected chi connectivity index (χ3v) is 3.47. The zero-order valence-electron chi connectivity index (χ0n) is 12.2. The van der Waals surface area contributed by atoms with Crippen LogP contribution in [0.25, 0.3) is 0 Å². The zero-order valence-corrected chi connectivity index (χ0v) is 12.2. The summed E-state index contributed by atoms with van der Waals surface area (Å²) in [6.07, 6.45) is 1.57. The third kappa shape index (κ3) is 3.11. The molecule has 0 saturated carbocycles. The summed E-state index contributed by atoms with van der Waals surface area (Å²) >= 11 is 0. The van der Waals surface area contributed by atoms with Crippen LogP contribution in [-0.2, 0) is 11.2 Å². The molecule has 1 aliphatic rings. The lowest BCUT2D eigenvalue weighted by molar-refractivity contribution is -0.120. The maximum absolute atomic E-state index is 11.6. The maximum Gasteiger partial charge on any atom is 0.234 e. The molecule has 4 nitrogen and oxygen atoms in total. The van der Waals surface area contributed by atoms with Crippen LogP contribution >= 0.6 is 0 Å². The summed E-state index contributed by atoms with van der Waals surface area (Å²) in [6.45, 7) is 6.16. The van der Waals surface area contributed by atoms with Crippen LogP contribution < -0.4 is 10.1 Å². The first-order valence-corrected chi connectivity index (χ1v) is 6.93. The van der Waals surface area contributed by atoms with E-state index >= 15 is 0 Å². The van der Waals surface area contributed by atoms with Gasteiger partial charge in [0.2, 0.25) is 5.91 Å². The number of nitriles is 1. The van der Waals surface area contributed by atoms with E-state index in [0.29, 0.717) is 0 Å². The predicted octanol–water partition coefficient (Wildman–Crippen LogP) is 2.88. The molecule has 106 valence electrons. The molecule has 0 radical (unpaired) electrons. The van der Waals surface area contributed by atoms with Gasteiger partial charge in [0.05, 0.1) is 12.1 Å².